The van der Waals surface area contributed by atoms with Gasteiger partial charge in [-0.15, -0.1) is 0 Å². The number of fused-ring (bicyclic) bond motifs is 2. The maximum atomic E-state index is 13.0. The van der Waals surface area contributed by atoms with Crippen LogP contribution in [0.4, 0.5) is 16.5 Å². The number of aryl methyl sites for hydroxylation is 2. The Hall–Kier alpha value is -6.38. The number of para-hydroxylation sites is 2. The summed E-state index contributed by atoms with van der Waals surface area (Å²) in [4.78, 5) is 51.5. The van der Waals surface area contributed by atoms with Crippen LogP contribution in [-0.2, 0) is 14.6 Å². The molecule has 0 bridgehead atoms. The topological polar surface area (TPSA) is 224 Å². The lowest BCUT2D eigenvalue weighted by molar-refractivity contribution is -0.134. The third-order valence-corrected chi connectivity index (χ3v) is 13.4. The van der Waals surface area contributed by atoms with Gasteiger partial charge in [0.2, 0.25) is 14.2 Å². The quantitative estimate of drug-likeness (QED) is 0.121. The zero-order valence-corrected chi connectivity index (χ0v) is 38.5. The van der Waals surface area contributed by atoms with Crippen LogP contribution in [0.1, 0.15) is 39.8 Å². The number of halogens is 2. The zero-order chi connectivity index (χ0) is 46.0. The molecule has 4 aromatic heterocycles. The molecule has 16 nitrogen and oxygen atoms in total. The molecule has 0 radical (unpaired) electrons. The number of anilines is 3. The lowest BCUT2D eigenvalue weighted by atomic mass is 10.2. The number of nitrogen functional groups attached to an aromatic ring is 1. The van der Waals surface area contributed by atoms with Gasteiger partial charge in [0.05, 0.1) is 41.4 Å². The first kappa shape index (κ1) is 53.0. The summed E-state index contributed by atoms with van der Waals surface area (Å²) >= 11 is 14.6. The molecule has 4 heterocycles. The number of thiazole rings is 2. The third-order valence-electron chi connectivity index (χ3n) is 8.58. The zero-order valence-electron chi connectivity index (χ0n) is 34.5. The van der Waals surface area contributed by atoms with E-state index in [0.717, 1.165) is 52.3 Å². The SMILES string of the molecule is C.C.CC(=O)O.CCS(=O)(=O)c1nc2ncn(-c3c(C)cccc3Cl)c(=O)c2s1.COc1ccc(N)cc1.COc1ccc(Nc2nc3ncn(-c4c(C)cccc4Cl)c(=O)c3s2)cc1. The summed E-state index contributed by atoms with van der Waals surface area (Å²) in [6, 6.07) is 25.5. The van der Waals surface area contributed by atoms with Crippen LogP contribution < -0.4 is 31.6 Å². The predicted octanol–water partition coefficient (Wildman–Crippen LogP) is 9.79. The molecular weight excluding hydrogens is 936 g/mol. The van der Waals surface area contributed by atoms with Gasteiger partial charge in [0.15, 0.2) is 16.4 Å². The van der Waals surface area contributed by atoms with Crippen molar-refractivity contribution in [1.82, 2.24) is 29.1 Å². The van der Waals surface area contributed by atoms with Crippen molar-refractivity contribution in [2.75, 3.05) is 31.0 Å². The van der Waals surface area contributed by atoms with Gasteiger partial charge in [-0.1, -0.05) is 91.9 Å². The van der Waals surface area contributed by atoms with E-state index in [2.05, 4.69) is 25.3 Å². The Morgan fingerprint density at radius 1 is 0.754 bits per heavy atom. The van der Waals surface area contributed by atoms with Crippen molar-refractivity contribution in [3.05, 3.63) is 139 Å². The van der Waals surface area contributed by atoms with E-state index in [9.17, 15) is 18.0 Å². The normalized spacial score (nSPS) is 10.4. The number of hydrogen-bond acceptors (Lipinski definition) is 15. The molecule has 0 spiro atoms. The van der Waals surface area contributed by atoms with Crippen molar-refractivity contribution in [1.29, 1.82) is 0 Å². The number of aromatic nitrogens is 6. The number of ether oxygens (including phenoxy) is 2. The molecule has 0 saturated carbocycles. The highest BCUT2D eigenvalue weighted by atomic mass is 35.5. The number of nitrogens with zero attached hydrogens (tertiary/aromatic N) is 6. The second kappa shape index (κ2) is 23.5. The van der Waals surface area contributed by atoms with Gasteiger partial charge < -0.3 is 25.6 Å². The summed E-state index contributed by atoms with van der Waals surface area (Å²) in [5.74, 6) is 0.693. The molecule has 0 unspecified atom stereocenters. The van der Waals surface area contributed by atoms with Crippen LogP contribution in [-0.4, -0.2) is 68.5 Å². The van der Waals surface area contributed by atoms with Crippen LogP contribution >= 0.6 is 45.9 Å². The average Bonchev–Trinajstić information content (AvgIpc) is 3.89. The van der Waals surface area contributed by atoms with Crippen LogP contribution in [0.5, 0.6) is 11.5 Å². The largest absolute Gasteiger partial charge is 0.497 e. The highest BCUT2D eigenvalue weighted by Crippen LogP contribution is 2.29. The molecule has 0 saturated heterocycles. The summed E-state index contributed by atoms with van der Waals surface area (Å²) in [7, 11) is -0.229. The molecule has 0 aliphatic rings. The summed E-state index contributed by atoms with van der Waals surface area (Å²) in [6.07, 6.45) is 2.79. The first-order valence-electron chi connectivity index (χ1n) is 18.5. The van der Waals surface area contributed by atoms with Gasteiger partial charge in [0.25, 0.3) is 17.1 Å². The fourth-order valence-corrected chi connectivity index (χ4v) is 9.26. The molecule has 0 fully saturated rings. The van der Waals surface area contributed by atoms with Crippen molar-refractivity contribution >= 4 is 98.9 Å². The van der Waals surface area contributed by atoms with Crippen molar-refractivity contribution in [2.24, 2.45) is 0 Å². The molecule has 0 amide bonds. The van der Waals surface area contributed by atoms with Crippen molar-refractivity contribution in [3.63, 3.8) is 0 Å². The third kappa shape index (κ3) is 13.1. The van der Waals surface area contributed by atoms with Crippen LogP contribution in [0.25, 0.3) is 32.1 Å². The number of nitrogens with two attached hydrogens (primary N) is 1. The van der Waals surface area contributed by atoms with Gasteiger partial charge in [-0.05, 0) is 85.6 Å². The second-order valence-electron chi connectivity index (χ2n) is 13.0. The molecule has 4 N–H and O–H groups in total. The molecule has 65 heavy (non-hydrogen) atoms. The Bertz CT molecular complexity index is 3080. The molecule has 8 aromatic rings. The number of methoxy groups -OCH3 is 2. The predicted molar refractivity (Wildman–Crippen MR) is 264 cm³/mol. The Morgan fingerprint density at radius 2 is 1.18 bits per heavy atom. The number of benzene rings is 4. The van der Waals surface area contributed by atoms with Gasteiger partial charge in [-0.2, -0.15) is 4.98 Å². The number of sulfone groups is 1. The van der Waals surface area contributed by atoms with E-state index < -0.39 is 15.8 Å². The fourth-order valence-electron chi connectivity index (χ4n) is 5.49. The van der Waals surface area contributed by atoms with Crippen molar-refractivity contribution < 1.29 is 27.8 Å². The number of hydrogen-bond donors (Lipinski definition) is 3. The van der Waals surface area contributed by atoms with E-state index in [-0.39, 0.29) is 46.4 Å². The highest BCUT2D eigenvalue weighted by molar-refractivity contribution is 7.93. The maximum absolute atomic E-state index is 13.0. The van der Waals surface area contributed by atoms with Crippen LogP contribution in [0, 0.1) is 13.8 Å². The van der Waals surface area contributed by atoms with Crippen molar-refractivity contribution in [3.8, 4) is 22.9 Å². The van der Waals surface area contributed by atoms with Gasteiger partial charge in [-0.3, -0.25) is 23.5 Å². The van der Waals surface area contributed by atoms with Gasteiger partial charge in [0, 0.05) is 18.3 Å². The van der Waals surface area contributed by atoms with E-state index >= 15 is 0 Å². The van der Waals surface area contributed by atoms with Gasteiger partial charge >= 0.3 is 0 Å². The number of carboxylic acids is 1. The van der Waals surface area contributed by atoms with E-state index in [1.807, 2.05) is 68.4 Å². The fraction of sp³-hybridized carbons (Fsp3) is 0.205. The lowest BCUT2D eigenvalue weighted by Crippen LogP contribution is -2.19. The average molecular weight is 984 g/mol. The van der Waals surface area contributed by atoms with Crippen LogP contribution in [0.2, 0.25) is 10.0 Å². The minimum Gasteiger partial charge on any atom is -0.497 e. The molecule has 344 valence electrons. The van der Waals surface area contributed by atoms with Gasteiger partial charge in [-0.25, -0.2) is 23.4 Å². The smallest absolute Gasteiger partial charge is 0.300 e. The number of carbonyl (C=O) groups is 1. The minimum absolute atomic E-state index is 0. The second-order valence-corrected chi connectivity index (χ2v) is 18.3. The van der Waals surface area contributed by atoms with Crippen LogP contribution in [0.15, 0.2) is 112 Å². The van der Waals surface area contributed by atoms with Gasteiger partial charge in [0.1, 0.15) is 33.6 Å². The Morgan fingerprint density at radius 3 is 1.62 bits per heavy atom. The van der Waals surface area contributed by atoms with E-state index in [4.69, 9.17) is 48.3 Å². The highest BCUT2D eigenvalue weighted by Gasteiger charge is 2.21. The minimum atomic E-state index is -3.48. The number of aliphatic carboxylic acids is 1. The van der Waals surface area contributed by atoms with Crippen LogP contribution in [0.3, 0.4) is 0 Å². The monoisotopic (exact) mass is 982 g/mol. The number of nitrogens with one attached hydrogen (secondary N) is 1. The molecule has 8 rings (SSSR count). The maximum Gasteiger partial charge on any atom is 0.300 e. The summed E-state index contributed by atoms with van der Waals surface area (Å²) in [6.45, 7) is 6.35. The summed E-state index contributed by atoms with van der Waals surface area (Å²) in [5.41, 5.74) is 9.85. The van der Waals surface area contributed by atoms with Crippen molar-refractivity contribution in [2.45, 2.75) is 46.9 Å². The molecule has 0 aliphatic heterocycles. The summed E-state index contributed by atoms with van der Waals surface area (Å²) in [5, 5.41) is 12.1. The molecule has 0 atom stereocenters. The Labute approximate surface area is 393 Å². The molecular formula is C44H48Cl2N8O8S3. The first-order chi connectivity index (χ1) is 30.0. The number of rotatable bonds is 8. The lowest BCUT2D eigenvalue weighted by Gasteiger charge is -2.10. The van der Waals surface area contributed by atoms with E-state index in [0.29, 0.717) is 36.9 Å². The standard InChI is InChI=1S/C19H15ClN4O2S.C14H12ClN3O3S2.C7H9NO.C2H4O2.2CH4/c1-11-4-3-5-14(20)15(11)24-10-21-17-16(18(24)25)27-19(23-17)22-12-6-8-13(26-2)9-7-12;1-3-23(20,21)14-17-12-11(22-14)13(19)18(7-16-12)10-8(2)5-4-6-9(10)15;1-9-7-4-2-6(8)3-5-7;1-2(3)4;;/h3-10H,1-2H3,(H,22,23);4-7H,3H2,1-2H3;2-5H,8H2,1H3;1H3,(H,3,4);2*1H4. The van der Waals surface area contributed by atoms with E-state index in [1.54, 1.807) is 44.6 Å². The molecule has 21 heteroatoms. The first-order valence-corrected chi connectivity index (χ1v) is 22.5. The summed E-state index contributed by atoms with van der Waals surface area (Å²) < 4.78 is 37.3. The molecule has 0 aliphatic carbocycles. The molecule has 4 aromatic carbocycles. The Balaban J connectivity index is 0.000000267. The Kier molecular flexibility index (Phi) is 19.2. The number of carboxylic acid groups (broad SMARTS) is 1. The van der Waals surface area contributed by atoms with E-state index in [1.165, 1.54) is 40.0 Å².